The third-order valence-electron chi connectivity index (χ3n) is 1.74. The van der Waals surface area contributed by atoms with Crippen molar-refractivity contribution >= 4 is 5.91 Å². The summed E-state index contributed by atoms with van der Waals surface area (Å²) in [5.41, 5.74) is 0. The summed E-state index contributed by atoms with van der Waals surface area (Å²) in [6, 6.07) is -0.173. The number of aliphatic hydroxyl groups excluding tert-OH is 1. The molecule has 0 aromatic carbocycles. The van der Waals surface area contributed by atoms with Crippen molar-refractivity contribution in [1.29, 1.82) is 0 Å². The van der Waals surface area contributed by atoms with Crippen LogP contribution in [0.25, 0.3) is 0 Å². The molecule has 0 saturated heterocycles. The smallest absolute Gasteiger partial charge is 0.246 e. The molecule has 0 aromatic rings. The van der Waals surface area contributed by atoms with Crippen LogP contribution in [0.2, 0.25) is 0 Å². The monoisotopic (exact) mass is 205 g/mol. The molecule has 0 rings (SSSR count). The quantitative estimate of drug-likeness (QED) is 0.526. The van der Waals surface area contributed by atoms with E-state index >= 15 is 0 Å². The Labute approximate surface area is 84.4 Å². The Morgan fingerprint density at radius 3 is 2.71 bits per heavy atom. The van der Waals surface area contributed by atoms with Crippen LogP contribution in [0.15, 0.2) is 0 Å². The number of hydrogen-bond acceptors (Lipinski definition) is 4. The summed E-state index contributed by atoms with van der Waals surface area (Å²) in [5, 5.41) is 11.4. The number of aliphatic hydroxyl groups is 1. The van der Waals surface area contributed by atoms with Crippen molar-refractivity contribution in [1.82, 2.24) is 5.32 Å². The molecule has 1 amide bonds. The molecule has 2 N–H and O–H groups in total. The zero-order valence-corrected chi connectivity index (χ0v) is 8.78. The second-order valence-corrected chi connectivity index (χ2v) is 2.90. The molecule has 0 bridgehead atoms. The summed E-state index contributed by atoms with van der Waals surface area (Å²) < 4.78 is 9.76. The number of nitrogens with one attached hydrogen (secondary N) is 1. The summed E-state index contributed by atoms with van der Waals surface area (Å²) in [5.74, 6) is -0.206. The average Bonchev–Trinajstić information content (AvgIpc) is 2.21. The van der Waals surface area contributed by atoms with Crippen molar-refractivity contribution in [2.24, 2.45) is 0 Å². The van der Waals surface area contributed by atoms with Crippen LogP contribution in [0.4, 0.5) is 0 Å². The molecule has 0 fully saturated rings. The van der Waals surface area contributed by atoms with Crippen LogP contribution in [0.1, 0.15) is 13.3 Å². The van der Waals surface area contributed by atoms with Gasteiger partial charge >= 0.3 is 0 Å². The maximum Gasteiger partial charge on any atom is 0.246 e. The fourth-order valence-electron chi connectivity index (χ4n) is 0.853. The highest BCUT2D eigenvalue weighted by molar-refractivity contribution is 5.77. The summed E-state index contributed by atoms with van der Waals surface area (Å²) >= 11 is 0. The van der Waals surface area contributed by atoms with E-state index in [0.29, 0.717) is 19.6 Å². The van der Waals surface area contributed by atoms with Crippen molar-refractivity contribution in [3.8, 4) is 0 Å². The van der Waals surface area contributed by atoms with Gasteiger partial charge in [0.2, 0.25) is 5.91 Å². The summed E-state index contributed by atoms with van der Waals surface area (Å²) in [6.07, 6.45) is 0.709. The maximum absolute atomic E-state index is 11.1. The molecule has 0 aliphatic rings. The van der Waals surface area contributed by atoms with Crippen molar-refractivity contribution in [3.63, 3.8) is 0 Å². The highest BCUT2D eigenvalue weighted by atomic mass is 16.5. The molecule has 0 aliphatic heterocycles. The molecule has 1 atom stereocenters. The molecular weight excluding hydrogens is 186 g/mol. The van der Waals surface area contributed by atoms with E-state index in [1.807, 2.05) is 6.92 Å². The third-order valence-corrected chi connectivity index (χ3v) is 1.74. The lowest BCUT2D eigenvalue weighted by atomic mass is 10.2. The normalized spacial score (nSPS) is 12.5. The lowest BCUT2D eigenvalue weighted by Crippen LogP contribution is -2.39. The number of hydrogen-bond donors (Lipinski definition) is 2. The summed E-state index contributed by atoms with van der Waals surface area (Å²) in [7, 11) is 1.57. The van der Waals surface area contributed by atoms with Crippen LogP contribution in [-0.2, 0) is 14.3 Å². The van der Waals surface area contributed by atoms with Crippen molar-refractivity contribution < 1.29 is 19.4 Å². The highest BCUT2D eigenvalue weighted by Gasteiger charge is 2.08. The fourth-order valence-corrected chi connectivity index (χ4v) is 0.853. The van der Waals surface area contributed by atoms with E-state index in [0.717, 1.165) is 0 Å². The minimum atomic E-state index is -0.206. The molecule has 0 unspecified atom stereocenters. The molecule has 5 nitrogen and oxygen atoms in total. The van der Waals surface area contributed by atoms with Gasteiger partial charge in [-0.05, 0) is 6.42 Å². The Morgan fingerprint density at radius 2 is 2.21 bits per heavy atom. The minimum Gasteiger partial charge on any atom is -0.394 e. The first-order chi connectivity index (χ1) is 6.74. The Hall–Kier alpha value is -0.650. The van der Waals surface area contributed by atoms with Crippen LogP contribution in [-0.4, -0.2) is 50.6 Å². The van der Waals surface area contributed by atoms with Gasteiger partial charge < -0.3 is 19.9 Å². The van der Waals surface area contributed by atoms with Gasteiger partial charge in [-0.3, -0.25) is 4.79 Å². The molecule has 84 valence electrons. The first-order valence-corrected chi connectivity index (χ1v) is 4.71. The summed E-state index contributed by atoms with van der Waals surface area (Å²) in [4.78, 5) is 11.1. The SMILES string of the molecule is CC[C@H](CO)NC(=O)COCCOC. The zero-order chi connectivity index (χ0) is 10.8. The van der Waals surface area contributed by atoms with E-state index in [9.17, 15) is 4.79 Å². The van der Waals surface area contributed by atoms with Gasteiger partial charge in [0.1, 0.15) is 6.61 Å². The van der Waals surface area contributed by atoms with E-state index in [1.54, 1.807) is 7.11 Å². The van der Waals surface area contributed by atoms with Gasteiger partial charge in [-0.2, -0.15) is 0 Å². The van der Waals surface area contributed by atoms with Crippen LogP contribution < -0.4 is 5.32 Å². The standard InChI is InChI=1S/C9H19NO4/c1-3-8(6-11)10-9(12)7-14-5-4-13-2/h8,11H,3-7H2,1-2H3,(H,10,12)/t8-/m1/s1. The molecule has 0 radical (unpaired) electrons. The maximum atomic E-state index is 11.1. The Balaban J connectivity index is 3.44. The molecule has 5 heteroatoms. The fraction of sp³-hybridized carbons (Fsp3) is 0.889. The van der Waals surface area contributed by atoms with E-state index in [2.05, 4.69) is 5.32 Å². The zero-order valence-electron chi connectivity index (χ0n) is 8.78. The number of ether oxygens (including phenoxy) is 2. The predicted molar refractivity (Wildman–Crippen MR) is 52.0 cm³/mol. The number of methoxy groups -OCH3 is 1. The number of carbonyl (C=O) groups is 1. The van der Waals surface area contributed by atoms with Gasteiger partial charge in [-0.1, -0.05) is 6.92 Å². The van der Waals surface area contributed by atoms with Gasteiger partial charge in [-0.15, -0.1) is 0 Å². The first kappa shape index (κ1) is 13.4. The van der Waals surface area contributed by atoms with Crippen LogP contribution >= 0.6 is 0 Å². The lowest BCUT2D eigenvalue weighted by Gasteiger charge is -2.13. The van der Waals surface area contributed by atoms with Crippen molar-refractivity contribution in [3.05, 3.63) is 0 Å². The second-order valence-electron chi connectivity index (χ2n) is 2.90. The Bertz CT molecular complexity index is 148. The van der Waals surface area contributed by atoms with E-state index in [4.69, 9.17) is 14.6 Å². The molecule has 0 aliphatic carbocycles. The minimum absolute atomic E-state index is 0.0137. The topological polar surface area (TPSA) is 67.8 Å². The Morgan fingerprint density at radius 1 is 1.50 bits per heavy atom. The van der Waals surface area contributed by atoms with Gasteiger partial charge in [0, 0.05) is 7.11 Å². The van der Waals surface area contributed by atoms with Gasteiger partial charge in [-0.25, -0.2) is 0 Å². The highest BCUT2D eigenvalue weighted by Crippen LogP contribution is 1.88. The van der Waals surface area contributed by atoms with Gasteiger partial charge in [0.05, 0.1) is 25.9 Å². The van der Waals surface area contributed by atoms with E-state index in [-0.39, 0.29) is 25.2 Å². The number of carbonyl (C=O) groups excluding carboxylic acids is 1. The van der Waals surface area contributed by atoms with E-state index < -0.39 is 0 Å². The molecule has 0 spiro atoms. The van der Waals surface area contributed by atoms with Gasteiger partial charge in [0.15, 0.2) is 0 Å². The molecule has 0 saturated carbocycles. The molecular formula is C9H19NO4. The third kappa shape index (κ3) is 6.82. The summed E-state index contributed by atoms with van der Waals surface area (Å²) in [6.45, 7) is 2.75. The van der Waals surface area contributed by atoms with Crippen LogP contribution in [0.3, 0.4) is 0 Å². The molecule has 0 aromatic heterocycles. The van der Waals surface area contributed by atoms with Crippen LogP contribution in [0.5, 0.6) is 0 Å². The predicted octanol–water partition coefficient (Wildman–Crippen LogP) is -0.463. The number of amides is 1. The van der Waals surface area contributed by atoms with Crippen LogP contribution in [0, 0.1) is 0 Å². The first-order valence-electron chi connectivity index (χ1n) is 4.71. The largest absolute Gasteiger partial charge is 0.394 e. The van der Waals surface area contributed by atoms with Crippen molar-refractivity contribution in [2.45, 2.75) is 19.4 Å². The van der Waals surface area contributed by atoms with Gasteiger partial charge in [0.25, 0.3) is 0 Å². The average molecular weight is 205 g/mol. The Kier molecular flexibility index (Phi) is 8.51. The van der Waals surface area contributed by atoms with Crippen molar-refractivity contribution in [2.75, 3.05) is 33.5 Å². The lowest BCUT2D eigenvalue weighted by molar-refractivity contribution is -0.127. The molecule has 14 heavy (non-hydrogen) atoms. The number of rotatable bonds is 8. The van der Waals surface area contributed by atoms with E-state index in [1.165, 1.54) is 0 Å². The molecule has 0 heterocycles. The second kappa shape index (κ2) is 8.93.